The van der Waals surface area contributed by atoms with E-state index < -0.39 is 5.60 Å². The number of guanidine groups is 1. The number of nitrogens with zero attached hydrogens (tertiary/aromatic N) is 5. The van der Waals surface area contributed by atoms with Crippen LogP contribution >= 0.6 is 11.6 Å². The van der Waals surface area contributed by atoms with Crippen LogP contribution in [0.1, 0.15) is 25.3 Å². The predicted octanol–water partition coefficient (Wildman–Crippen LogP) is 2.09. The lowest BCUT2D eigenvalue weighted by atomic mass is 10.00. The van der Waals surface area contributed by atoms with Crippen molar-refractivity contribution in [3.05, 3.63) is 53.1 Å². The molecule has 0 aliphatic rings. The summed E-state index contributed by atoms with van der Waals surface area (Å²) in [5, 5.41) is 25.6. The van der Waals surface area contributed by atoms with Gasteiger partial charge < -0.3 is 20.3 Å². The Bertz CT molecular complexity index is 980. The van der Waals surface area contributed by atoms with Crippen LogP contribution < -0.4 is 10.6 Å². The van der Waals surface area contributed by atoms with Crippen LogP contribution in [0.4, 0.5) is 0 Å². The van der Waals surface area contributed by atoms with Gasteiger partial charge in [0.15, 0.2) is 5.96 Å². The topological polar surface area (TPSA) is 113 Å². The zero-order valence-electron chi connectivity index (χ0n) is 16.6. The van der Waals surface area contributed by atoms with Crippen molar-refractivity contribution in [2.75, 3.05) is 13.1 Å². The molecule has 1 atom stereocenters. The molecule has 0 amide bonds. The summed E-state index contributed by atoms with van der Waals surface area (Å²) in [6.45, 7) is 4.79. The number of hydrogen-bond donors (Lipinski definition) is 3. The fourth-order valence-corrected chi connectivity index (χ4v) is 2.80. The summed E-state index contributed by atoms with van der Waals surface area (Å²) in [5.41, 5.74) is 0.384. The molecule has 0 aliphatic carbocycles. The van der Waals surface area contributed by atoms with Crippen LogP contribution in [0, 0.1) is 0 Å². The van der Waals surface area contributed by atoms with Crippen molar-refractivity contribution in [1.29, 1.82) is 0 Å². The van der Waals surface area contributed by atoms with Gasteiger partial charge in [-0.3, -0.25) is 4.68 Å². The SMILES string of the molecule is CCNC(=NCc1nc(-c2cccc(Cl)c2)no1)NCC(C)(O)c1cnn(C)c1. The van der Waals surface area contributed by atoms with Gasteiger partial charge in [0.2, 0.25) is 11.7 Å². The molecule has 1 unspecified atom stereocenters. The zero-order chi connectivity index (χ0) is 20.9. The number of aryl methyl sites for hydroxylation is 1. The molecule has 3 rings (SSSR count). The normalized spacial score (nSPS) is 13.9. The second kappa shape index (κ2) is 9.06. The molecule has 10 heteroatoms. The van der Waals surface area contributed by atoms with Gasteiger partial charge in [-0.15, -0.1) is 0 Å². The standard InChI is InChI=1S/C19H24ClN7O2/c1-4-21-18(23-12-19(2,28)14-9-24-27(3)11-14)22-10-16-25-17(26-29-16)13-6-5-7-15(20)8-13/h5-9,11,28H,4,10,12H2,1-3H3,(H2,21,22,23). The van der Waals surface area contributed by atoms with Crippen LogP contribution in [0.15, 0.2) is 46.2 Å². The van der Waals surface area contributed by atoms with Crippen molar-refractivity contribution in [2.45, 2.75) is 26.0 Å². The lowest BCUT2D eigenvalue weighted by molar-refractivity contribution is 0.0616. The Labute approximate surface area is 173 Å². The number of halogens is 1. The Morgan fingerprint density at radius 1 is 1.38 bits per heavy atom. The average molecular weight is 418 g/mol. The highest BCUT2D eigenvalue weighted by molar-refractivity contribution is 6.30. The number of aromatic nitrogens is 4. The number of hydrogen-bond acceptors (Lipinski definition) is 6. The van der Waals surface area contributed by atoms with E-state index in [-0.39, 0.29) is 13.1 Å². The fraction of sp³-hybridized carbons (Fsp3) is 0.368. The minimum atomic E-state index is -1.10. The van der Waals surface area contributed by atoms with E-state index in [0.717, 1.165) is 5.56 Å². The van der Waals surface area contributed by atoms with E-state index >= 15 is 0 Å². The highest BCUT2D eigenvalue weighted by Gasteiger charge is 2.25. The molecule has 0 radical (unpaired) electrons. The van der Waals surface area contributed by atoms with Crippen molar-refractivity contribution < 1.29 is 9.63 Å². The molecule has 0 saturated carbocycles. The molecule has 0 fully saturated rings. The number of rotatable bonds is 7. The molecule has 9 nitrogen and oxygen atoms in total. The summed E-state index contributed by atoms with van der Waals surface area (Å²) >= 11 is 6.01. The highest BCUT2D eigenvalue weighted by atomic mass is 35.5. The lowest BCUT2D eigenvalue weighted by Crippen LogP contribution is -2.44. The third-order valence-electron chi connectivity index (χ3n) is 4.19. The summed E-state index contributed by atoms with van der Waals surface area (Å²) in [4.78, 5) is 8.80. The molecule has 0 spiro atoms. The summed E-state index contributed by atoms with van der Waals surface area (Å²) in [6, 6.07) is 7.24. The van der Waals surface area contributed by atoms with E-state index in [1.807, 2.05) is 19.1 Å². The summed E-state index contributed by atoms with van der Waals surface area (Å²) in [7, 11) is 1.81. The van der Waals surface area contributed by atoms with Crippen LogP contribution in [-0.2, 0) is 19.2 Å². The molecule has 154 valence electrons. The van der Waals surface area contributed by atoms with Gasteiger partial charge in [-0.2, -0.15) is 10.1 Å². The Kier molecular flexibility index (Phi) is 6.50. The van der Waals surface area contributed by atoms with Gasteiger partial charge in [0.25, 0.3) is 0 Å². The quantitative estimate of drug-likeness (QED) is 0.398. The largest absolute Gasteiger partial charge is 0.383 e. The van der Waals surface area contributed by atoms with Crippen molar-refractivity contribution in [3.8, 4) is 11.4 Å². The molecule has 3 aromatic rings. The second-order valence-electron chi connectivity index (χ2n) is 6.75. The average Bonchev–Trinajstić information content (AvgIpc) is 3.33. The number of aliphatic hydroxyl groups is 1. The summed E-state index contributed by atoms with van der Waals surface area (Å²) < 4.78 is 6.93. The number of benzene rings is 1. The highest BCUT2D eigenvalue weighted by Crippen LogP contribution is 2.20. The Morgan fingerprint density at radius 3 is 2.90 bits per heavy atom. The monoisotopic (exact) mass is 417 g/mol. The Balaban J connectivity index is 1.65. The van der Waals surface area contributed by atoms with Crippen LogP contribution in [-0.4, -0.2) is 44.1 Å². The predicted molar refractivity (Wildman–Crippen MR) is 110 cm³/mol. The molecule has 0 saturated heterocycles. The summed E-state index contributed by atoms with van der Waals surface area (Å²) in [5.74, 6) is 1.35. The first-order chi connectivity index (χ1) is 13.9. The van der Waals surface area contributed by atoms with Crippen molar-refractivity contribution >= 4 is 17.6 Å². The van der Waals surface area contributed by atoms with E-state index in [2.05, 4.69) is 30.9 Å². The van der Waals surface area contributed by atoms with Gasteiger partial charge in [0, 0.05) is 35.9 Å². The van der Waals surface area contributed by atoms with E-state index in [1.54, 1.807) is 43.2 Å². The molecule has 3 N–H and O–H groups in total. The van der Waals surface area contributed by atoms with Gasteiger partial charge in [-0.25, -0.2) is 4.99 Å². The Hall–Kier alpha value is -2.91. The first-order valence-corrected chi connectivity index (χ1v) is 9.57. The molecule has 2 heterocycles. The zero-order valence-corrected chi connectivity index (χ0v) is 17.3. The lowest BCUT2D eigenvalue weighted by Gasteiger charge is -2.23. The van der Waals surface area contributed by atoms with Gasteiger partial charge in [0.1, 0.15) is 12.1 Å². The third-order valence-corrected chi connectivity index (χ3v) is 4.43. The summed E-state index contributed by atoms with van der Waals surface area (Å²) in [6.07, 6.45) is 3.42. The van der Waals surface area contributed by atoms with Crippen molar-refractivity contribution in [1.82, 2.24) is 30.6 Å². The molecule has 2 aromatic heterocycles. The van der Waals surface area contributed by atoms with Gasteiger partial charge in [0.05, 0.1) is 12.7 Å². The van der Waals surface area contributed by atoms with Crippen LogP contribution in [0.5, 0.6) is 0 Å². The number of nitrogens with one attached hydrogen (secondary N) is 2. The van der Waals surface area contributed by atoms with E-state index in [0.29, 0.717) is 34.8 Å². The molecule has 29 heavy (non-hydrogen) atoms. The van der Waals surface area contributed by atoms with Gasteiger partial charge >= 0.3 is 0 Å². The molecule has 0 aliphatic heterocycles. The minimum Gasteiger partial charge on any atom is -0.383 e. The molecule has 0 bridgehead atoms. The smallest absolute Gasteiger partial charge is 0.248 e. The maximum atomic E-state index is 10.7. The maximum Gasteiger partial charge on any atom is 0.248 e. The molecule has 1 aromatic carbocycles. The van der Waals surface area contributed by atoms with E-state index in [9.17, 15) is 5.11 Å². The van der Waals surface area contributed by atoms with Gasteiger partial charge in [-0.05, 0) is 26.0 Å². The van der Waals surface area contributed by atoms with Crippen LogP contribution in [0.2, 0.25) is 5.02 Å². The van der Waals surface area contributed by atoms with E-state index in [1.165, 1.54) is 0 Å². The maximum absolute atomic E-state index is 10.7. The van der Waals surface area contributed by atoms with Crippen LogP contribution in [0.3, 0.4) is 0 Å². The molecular formula is C19H24ClN7O2. The fourth-order valence-electron chi connectivity index (χ4n) is 2.61. The second-order valence-corrected chi connectivity index (χ2v) is 7.18. The number of aliphatic imine (C=N–C) groups is 1. The Morgan fingerprint density at radius 2 is 2.21 bits per heavy atom. The van der Waals surface area contributed by atoms with Crippen molar-refractivity contribution in [3.63, 3.8) is 0 Å². The van der Waals surface area contributed by atoms with Gasteiger partial charge in [-0.1, -0.05) is 28.9 Å². The molecular weight excluding hydrogens is 394 g/mol. The van der Waals surface area contributed by atoms with Crippen LogP contribution in [0.25, 0.3) is 11.4 Å². The van der Waals surface area contributed by atoms with E-state index in [4.69, 9.17) is 16.1 Å². The first-order valence-electron chi connectivity index (χ1n) is 9.19. The first kappa shape index (κ1) is 20.8. The third kappa shape index (κ3) is 5.55. The van der Waals surface area contributed by atoms with Crippen molar-refractivity contribution in [2.24, 2.45) is 12.0 Å². The minimum absolute atomic E-state index is 0.192.